The van der Waals surface area contributed by atoms with E-state index >= 15 is 0 Å². The van der Waals surface area contributed by atoms with Crippen LogP contribution in [0.4, 0.5) is 0 Å². The van der Waals surface area contributed by atoms with Gasteiger partial charge in [0.2, 0.25) is 0 Å². The molecule has 2 heterocycles. The third-order valence-electron chi connectivity index (χ3n) is 8.54. The Morgan fingerprint density at radius 3 is 1.45 bits per heavy atom. The van der Waals surface area contributed by atoms with Gasteiger partial charge in [-0.1, -0.05) is 131 Å². The lowest BCUT2D eigenvalue weighted by Gasteiger charge is -2.16. The molecule has 0 saturated carbocycles. The normalized spacial score (nSPS) is 11.6. The van der Waals surface area contributed by atoms with Gasteiger partial charge in [-0.2, -0.15) is 0 Å². The van der Waals surface area contributed by atoms with E-state index < -0.39 is 0 Å². The summed E-state index contributed by atoms with van der Waals surface area (Å²) in [5.41, 5.74) is 13.7. The van der Waals surface area contributed by atoms with Gasteiger partial charge in [-0.05, 0) is 86.7 Å². The molecule has 0 bridgehead atoms. The fourth-order valence-corrected chi connectivity index (χ4v) is 6.00. The Balaban J connectivity index is 1.46. The monoisotopic (exact) mass is 568 g/mol. The van der Waals surface area contributed by atoms with Crippen LogP contribution in [0.5, 0.6) is 0 Å². The molecule has 0 spiro atoms. The van der Waals surface area contributed by atoms with Crippen LogP contribution in [0.2, 0.25) is 0 Å². The summed E-state index contributed by atoms with van der Waals surface area (Å²) in [5, 5.41) is 2.25. The first-order chi connectivity index (χ1) is 21.4. The van der Waals surface area contributed by atoms with Gasteiger partial charge in [-0.3, -0.25) is 9.97 Å². The molecule has 0 N–H and O–H groups in total. The highest BCUT2D eigenvalue weighted by atomic mass is 14.8. The zero-order valence-electron chi connectivity index (χ0n) is 25.8. The van der Waals surface area contributed by atoms with E-state index in [1.54, 1.807) is 0 Å². The molecular weight excluding hydrogens is 532 g/mol. The lowest BCUT2D eigenvalue weighted by Crippen LogP contribution is -1.99. The van der Waals surface area contributed by atoms with Crippen molar-refractivity contribution < 1.29 is 0 Å². The number of hydrogen-bond acceptors (Lipinski definition) is 2. The molecule has 0 unspecified atom stereocenters. The molecule has 2 heteroatoms. The highest BCUT2D eigenvalue weighted by molar-refractivity contribution is 6.08. The molecule has 2 nitrogen and oxygen atoms in total. The van der Waals surface area contributed by atoms with Crippen LogP contribution in [0, 0.1) is 0 Å². The Hall–Kier alpha value is -5.08. The number of fused-ring (bicyclic) bond motifs is 3. The second-order valence-corrected chi connectivity index (χ2v) is 12.3. The second kappa shape index (κ2) is 11.5. The van der Waals surface area contributed by atoms with E-state index in [0.717, 1.165) is 33.2 Å². The van der Waals surface area contributed by atoms with Crippen LogP contribution >= 0.6 is 0 Å². The van der Waals surface area contributed by atoms with Crippen molar-refractivity contribution >= 4 is 21.8 Å². The smallest absolute Gasteiger partial charge is 0.0974 e. The molecule has 0 fully saturated rings. The Labute approximate surface area is 260 Å². The van der Waals surface area contributed by atoms with E-state index in [1.165, 1.54) is 44.5 Å². The largest absolute Gasteiger partial charge is 0.250 e. The van der Waals surface area contributed by atoms with Crippen LogP contribution in [0.1, 0.15) is 50.9 Å². The summed E-state index contributed by atoms with van der Waals surface area (Å²) < 4.78 is 0. The van der Waals surface area contributed by atoms with E-state index in [4.69, 9.17) is 9.97 Å². The summed E-state index contributed by atoms with van der Waals surface area (Å²) in [5.74, 6) is 0.629. The van der Waals surface area contributed by atoms with E-state index in [2.05, 4.69) is 161 Å². The first-order valence-electron chi connectivity index (χ1n) is 15.6. The third-order valence-corrected chi connectivity index (χ3v) is 8.54. The van der Waals surface area contributed by atoms with Crippen LogP contribution in [0.15, 0.2) is 133 Å². The maximum Gasteiger partial charge on any atom is 0.0974 e. The van der Waals surface area contributed by atoms with Gasteiger partial charge in [-0.15, -0.1) is 0 Å². The van der Waals surface area contributed by atoms with Crippen molar-refractivity contribution in [2.24, 2.45) is 0 Å². The lowest BCUT2D eigenvalue weighted by molar-refractivity contribution is 0.826. The average molecular weight is 569 g/mol. The minimum atomic E-state index is 0.281. The molecule has 5 aromatic carbocycles. The molecule has 7 aromatic rings. The molecule has 0 aliphatic rings. The standard InChI is InChI=1S/C42H36N2/c1-27(2)39-22-20-33-19-21-37-38(26-40(28(3)4)44-42(37)41(33)43-39)36-24-34(30-13-9-6-10-14-30)23-35(25-36)32-17-15-31(16-18-32)29-11-7-5-8-12-29/h5-28H,1-4H3. The van der Waals surface area contributed by atoms with Crippen molar-refractivity contribution in [1.82, 2.24) is 9.97 Å². The van der Waals surface area contributed by atoms with Crippen LogP contribution in [0.3, 0.4) is 0 Å². The molecule has 0 saturated heterocycles. The lowest BCUT2D eigenvalue weighted by atomic mass is 9.90. The topological polar surface area (TPSA) is 25.8 Å². The summed E-state index contributed by atoms with van der Waals surface area (Å²) in [6, 6.07) is 48.2. The van der Waals surface area contributed by atoms with Gasteiger partial charge in [0.1, 0.15) is 0 Å². The van der Waals surface area contributed by atoms with Crippen LogP contribution < -0.4 is 0 Å². The minimum Gasteiger partial charge on any atom is -0.250 e. The van der Waals surface area contributed by atoms with Gasteiger partial charge >= 0.3 is 0 Å². The Morgan fingerprint density at radius 2 is 0.864 bits per heavy atom. The first-order valence-corrected chi connectivity index (χ1v) is 15.6. The summed E-state index contributed by atoms with van der Waals surface area (Å²) >= 11 is 0. The predicted molar refractivity (Wildman–Crippen MR) is 187 cm³/mol. The van der Waals surface area contributed by atoms with Crippen molar-refractivity contribution in [1.29, 1.82) is 0 Å². The fraction of sp³-hybridized carbons (Fsp3) is 0.143. The molecule has 44 heavy (non-hydrogen) atoms. The van der Waals surface area contributed by atoms with Crippen molar-refractivity contribution in [2.75, 3.05) is 0 Å². The zero-order valence-corrected chi connectivity index (χ0v) is 25.8. The number of rotatable bonds is 6. The summed E-state index contributed by atoms with van der Waals surface area (Å²) in [6.45, 7) is 8.83. The highest BCUT2D eigenvalue weighted by Gasteiger charge is 2.16. The van der Waals surface area contributed by atoms with E-state index in [9.17, 15) is 0 Å². The van der Waals surface area contributed by atoms with Crippen molar-refractivity contribution in [3.8, 4) is 44.5 Å². The van der Waals surface area contributed by atoms with E-state index in [-0.39, 0.29) is 5.92 Å². The summed E-state index contributed by atoms with van der Waals surface area (Å²) in [6.07, 6.45) is 0. The number of nitrogens with zero attached hydrogens (tertiary/aromatic N) is 2. The zero-order chi connectivity index (χ0) is 30.2. The summed E-state index contributed by atoms with van der Waals surface area (Å²) in [7, 11) is 0. The van der Waals surface area contributed by atoms with Crippen molar-refractivity contribution in [3.63, 3.8) is 0 Å². The van der Waals surface area contributed by atoms with Crippen LogP contribution in [-0.2, 0) is 0 Å². The molecule has 0 aliphatic heterocycles. The highest BCUT2D eigenvalue weighted by Crippen LogP contribution is 2.39. The SMILES string of the molecule is CC(C)c1ccc2ccc3c(-c4cc(-c5ccccc5)cc(-c5ccc(-c6ccccc6)cc5)c4)cc(C(C)C)nc3c2n1. The molecule has 214 valence electrons. The van der Waals surface area contributed by atoms with Gasteiger partial charge in [0, 0.05) is 22.2 Å². The Morgan fingerprint density at radius 1 is 0.386 bits per heavy atom. The fourth-order valence-electron chi connectivity index (χ4n) is 6.00. The third kappa shape index (κ3) is 5.29. The quantitative estimate of drug-likeness (QED) is 0.186. The minimum absolute atomic E-state index is 0.281. The number of aromatic nitrogens is 2. The van der Waals surface area contributed by atoms with E-state index in [0.29, 0.717) is 5.92 Å². The Kier molecular flexibility index (Phi) is 7.28. The molecule has 2 aromatic heterocycles. The van der Waals surface area contributed by atoms with Crippen LogP contribution in [-0.4, -0.2) is 9.97 Å². The van der Waals surface area contributed by atoms with Crippen molar-refractivity contribution in [2.45, 2.75) is 39.5 Å². The molecule has 0 atom stereocenters. The van der Waals surface area contributed by atoms with Gasteiger partial charge in [0.05, 0.1) is 11.0 Å². The Bertz CT molecular complexity index is 2090. The predicted octanol–water partition coefficient (Wildman–Crippen LogP) is 11.7. The molecular formula is C42H36N2. The van der Waals surface area contributed by atoms with Gasteiger partial charge in [-0.25, -0.2) is 0 Å². The number of pyridine rings is 2. The maximum absolute atomic E-state index is 5.23. The first kappa shape index (κ1) is 27.7. The average Bonchev–Trinajstić information content (AvgIpc) is 3.08. The van der Waals surface area contributed by atoms with Gasteiger partial charge < -0.3 is 0 Å². The molecule has 0 aliphatic carbocycles. The number of hydrogen-bond donors (Lipinski definition) is 0. The maximum atomic E-state index is 5.23. The molecule has 0 radical (unpaired) electrons. The van der Waals surface area contributed by atoms with Gasteiger partial charge in [0.15, 0.2) is 0 Å². The van der Waals surface area contributed by atoms with E-state index in [1.807, 2.05) is 0 Å². The second-order valence-electron chi connectivity index (χ2n) is 12.3. The van der Waals surface area contributed by atoms with Crippen LogP contribution in [0.25, 0.3) is 66.3 Å². The molecule has 7 rings (SSSR count). The van der Waals surface area contributed by atoms with Gasteiger partial charge in [0.25, 0.3) is 0 Å². The molecule has 0 amide bonds. The van der Waals surface area contributed by atoms with Crippen molar-refractivity contribution in [3.05, 3.63) is 145 Å². The number of benzene rings is 5. The summed E-state index contributed by atoms with van der Waals surface area (Å²) in [4.78, 5) is 10.4.